The van der Waals surface area contributed by atoms with Crippen LogP contribution in [-0.2, 0) is 11.3 Å². The van der Waals surface area contributed by atoms with Gasteiger partial charge >= 0.3 is 0 Å². The molecule has 0 unspecified atom stereocenters. The molecule has 1 aromatic rings. The van der Waals surface area contributed by atoms with Gasteiger partial charge in [0.2, 0.25) is 5.91 Å². The van der Waals surface area contributed by atoms with Crippen LogP contribution in [0.15, 0.2) is 42.5 Å². The third-order valence-electron chi connectivity index (χ3n) is 3.46. The Labute approximate surface area is 120 Å². The summed E-state index contributed by atoms with van der Waals surface area (Å²) in [5, 5.41) is 12.0. The molecule has 1 aliphatic carbocycles. The summed E-state index contributed by atoms with van der Waals surface area (Å²) < 4.78 is 0. The van der Waals surface area contributed by atoms with Gasteiger partial charge in [-0.05, 0) is 19.0 Å². The van der Waals surface area contributed by atoms with Gasteiger partial charge in [-0.25, -0.2) is 0 Å². The topological polar surface area (TPSA) is 52.6 Å². The quantitative estimate of drug-likeness (QED) is 0.766. The third-order valence-corrected chi connectivity index (χ3v) is 3.46. The van der Waals surface area contributed by atoms with Gasteiger partial charge in [0.1, 0.15) is 0 Å². The van der Waals surface area contributed by atoms with Gasteiger partial charge in [-0.1, -0.05) is 42.5 Å². The molecule has 0 saturated carbocycles. The number of carbonyl (C=O) groups excluding carboxylic acids is 1. The molecule has 0 spiro atoms. The van der Waals surface area contributed by atoms with Crippen LogP contribution >= 0.6 is 0 Å². The van der Waals surface area contributed by atoms with Crippen molar-refractivity contribution in [3.05, 3.63) is 48.0 Å². The Morgan fingerprint density at radius 1 is 1.35 bits per heavy atom. The van der Waals surface area contributed by atoms with E-state index in [0.29, 0.717) is 6.54 Å². The van der Waals surface area contributed by atoms with Crippen molar-refractivity contribution in [1.82, 2.24) is 10.2 Å². The molecule has 0 aromatic heterocycles. The fourth-order valence-corrected chi connectivity index (χ4v) is 2.47. The zero-order valence-electron chi connectivity index (χ0n) is 11.8. The zero-order chi connectivity index (χ0) is 14.4. The van der Waals surface area contributed by atoms with E-state index in [9.17, 15) is 4.79 Å². The summed E-state index contributed by atoms with van der Waals surface area (Å²) in [5.74, 6) is 0.207. The van der Waals surface area contributed by atoms with E-state index in [4.69, 9.17) is 5.11 Å². The Morgan fingerprint density at radius 3 is 2.75 bits per heavy atom. The lowest BCUT2D eigenvalue weighted by Gasteiger charge is -2.18. The highest BCUT2D eigenvalue weighted by Gasteiger charge is 2.20. The summed E-state index contributed by atoms with van der Waals surface area (Å²) >= 11 is 0. The van der Waals surface area contributed by atoms with Crippen molar-refractivity contribution in [3.8, 4) is 0 Å². The Kier molecular flexibility index (Phi) is 5.32. The SMILES string of the molecule is CN(CC(=O)N[C@@H]1C=C[C@H](CO)C1)Cc1ccccc1. The Bertz CT molecular complexity index is 459. The van der Waals surface area contributed by atoms with E-state index in [1.807, 2.05) is 42.3 Å². The second-order valence-electron chi connectivity index (χ2n) is 5.40. The van der Waals surface area contributed by atoms with E-state index < -0.39 is 0 Å². The number of benzene rings is 1. The summed E-state index contributed by atoms with van der Waals surface area (Å²) in [7, 11) is 1.94. The molecule has 20 heavy (non-hydrogen) atoms. The van der Waals surface area contributed by atoms with Crippen molar-refractivity contribution < 1.29 is 9.90 Å². The largest absolute Gasteiger partial charge is 0.396 e. The Hall–Kier alpha value is -1.65. The van der Waals surface area contributed by atoms with Crippen molar-refractivity contribution in [3.63, 3.8) is 0 Å². The van der Waals surface area contributed by atoms with Crippen LogP contribution in [0.25, 0.3) is 0 Å². The van der Waals surface area contributed by atoms with Crippen molar-refractivity contribution >= 4 is 5.91 Å². The maximum atomic E-state index is 11.9. The molecule has 2 rings (SSSR count). The minimum Gasteiger partial charge on any atom is -0.396 e. The number of hydrogen-bond acceptors (Lipinski definition) is 3. The van der Waals surface area contributed by atoms with E-state index in [0.717, 1.165) is 13.0 Å². The van der Waals surface area contributed by atoms with Crippen LogP contribution in [0.4, 0.5) is 0 Å². The molecule has 0 radical (unpaired) electrons. The van der Waals surface area contributed by atoms with Gasteiger partial charge in [0.25, 0.3) is 0 Å². The van der Waals surface area contributed by atoms with E-state index in [1.165, 1.54) is 5.56 Å². The molecule has 2 N–H and O–H groups in total. The molecular weight excluding hydrogens is 252 g/mol. The van der Waals surface area contributed by atoms with Crippen molar-refractivity contribution in [2.75, 3.05) is 20.2 Å². The van der Waals surface area contributed by atoms with E-state index >= 15 is 0 Å². The van der Waals surface area contributed by atoms with Crippen LogP contribution in [0, 0.1) is 5.92 Å². The number of aliphatic hydroxyl groups is 1. The van der Waals surface area contributed by atoms with Crippen LogP contribution in [-0.4, -0.2) is 42.2 Å². The van der Waals surface area contributed by atoms with Gasteiger partial charge in [0.15, 0.2) is 0 Å². The molecule has 0 heterocycles. The van der Waals surface area contributed by atoms with Crippen LogP contribution in [0.3, 0.4) is 0 Å². The maximum absolute atomic E-state index is 11.9. The fourth-order valence-electron chi connectivity index (χ4n) is 2.47. The van der Waals surface area contributed by atoms with Crippen molar-refractivity contribution in [2.24, 2.45) is 5.92 Å². The predicted octanol–water partition coefficient (Wildman–Crippen LogP) is 1.17. The predicted molar refractivity (Wildman–Crippen MR) is 79.0 cm³/mol. The fraction of sp³-hybridized carbons (Fsp3) is 0.438. The number of amides is 1. The lowest BCUT2D eigenvalue weighted by Crippen LogP contribution is -2.39. The molecule has 0 fully saturated rings. The van der Waals surface area contributed by atoms with Gasteiger partial charge in [-0.15, -0.1) is 0 Å². The van der Waals surface area contributed by atoms with Crippen LogP contribution in [0.2, 0.25) is 0 Å². The molecule has 1 amide bonds. The molecule has 4 heteroatoms. The van der Waals surface area contributed by atoms with Gasteiger partial charge in [-0.3, -0.25) is 9.69 Å². The second kappa shape index (κ2) is 7.22. The molecule has 1 aliphatic rings. The smallest absolute Gasteiger partial charge is 0.234 e. The average molecular weight is 274 g/mol. The van der Waals surface area contributed by atoms with Crippen LogP contribution in [0.1, 0.15) is 12.0 Å². The van der Waals surface area contributed by atoms with Crippen molar-refractivity contribution in [1.29, 1.82) is 0 Å². The molecule has 0 aliphatic heterocycles. The summed E-state index contributed by atoms with van der Waals surface area (Å²) in [5.41, 5.74) is 1.20. The molecule has 0 bridgehead atoms. The van der Waals surface area contributed by atoms with E-state index in [1.54, 1.807) is 0 Å². The minimum absolute atomic E-state index is 0.0247. The first kappa shape index (κ1) is 14.8. The number of aliphatic hydroxyl groups excluding tert-OH is 1. The molecule has 1 aromatic carbocycles. The summed E-state index contributed by atoms with van der Waals surface area (Å²) in [6.45, 7) is 1.29. The maximum Gasteiger partial charge on any atom is 0.234 e. The lowest BCUT2D eigenvalue weighted by molar-refractivity contribution is -0.122. The third kappa shape index (κ3) is 4.47. The number of likely N-dealkylation sites (N-methyl/N-ethyl adjacent to an activating group) is 1. The lowest BCUT2D eigenvalue weighted by atomic mass is 10.1. The molecule has 108 valence electrons. The molecular formula is C16H22N2O2. The average Bonchev–Trinajstić information content (AvgIpc) is 2.87. The van der Waals surface area contributed by atoms with Crippen LogP contribution < -0.4 is 5.32 Å². The number of rotatable bonds is 6. The second-order valence-corrected chi connectivity index (χ2v) is 5.40. The van der Waals surface area contributed by atoms with E-state index in [-0.39, 0.29) is 24.5 Å². The van der Waals surface area contributed by atoms with Crippen LogP contribution in [0.5, 0.6) is 0 Å². The first-order chi connectivity index (χ1) is 9.67. The first-order valence-electron chi connectivity index (χ1n) is 6.98. The summed E-state index contributed by atoms with van der Waals surface area (Å²) in [6, 6.07) is 10.2. The minimum atomic E-state index is 0.0247. The summed E-state index contributed by atoms with van der Waals surface area (Å²) in [4.78, 5) is 13.9. The number of nitrogens with one attached hydrogen (secondary N) is 1. The Balaban J connectivity index is 1.73. The summed E-state index contributed by atoms with van der Waals surface area (Å²) in [6.07, 6.45) is 4.74. The molecule has 0 saturated heterocycles. The van der Waals surface area contributed by atoms with Gasteiger partial charge in [0.05, 0.1) is 6.54 Å². The van der Waals surface area contributed by atoms with Crippen molar-refractivity contribution in [2.45, 2.75) is 19.0 Å². The standard InChI is InChI=1S/C16H22N2O2/c1-18(10-13-5-3-2-4-6-13)11-16(20)17-15-8-7-14(9-15)12-19/h2-8,14-15,19H,9-12H2,1H3,(H,17,20)/t14-,15+/m0/s1. The monoisotopic (exact) mass is 274 g/mol. The number of hydrogen-bond donors (Lipinski definition) is 2. The highest BCUT2D eigenvalue weighted by Crippen LogP contribution is 2.16. The normalized spacial score (nSPS) is 21.4. The van der Waals surface area contributed by atoms with Gasteiger partial charge in [-0.2, -0.15) is 0 Å². The zero-order valence-corrected chi connectivity index (χ0v) is 11.8. The molecule has 2 atom stereocenters. The number of nitrogens with zero attached hydrogens (tertiary/aromatic N) is 1. The molecule has 4 nitrogen and oxygen atoms in total. The first-order valence-corrected chi connectivity index (χ1v) is 6.98. The van der Waals surface area contributed by atoms with Gasteiger partial charge < -0.3 is 10.4 Å². The Morgan fingerprint density at radius 2 is 2.10 bits per heavy atom. The highest BCUT2D eigenvalue weighted by atomic mass is 16.3. The van der Waals surface area contributed by atoms with Gasteiger partial charge in [0, 0.05) is 25.1 Å². The van der Waals surface area contributed by atoms with E-state index in [2.05, 4.69) is 17.4 Å². The number of carbonyl (C=O) groups is 1. The highest BCUT2D eigenvalue weighted by molar-refractivity contribution is 5.78.